The van der Waals surface area contributed by atoms with E-state index in [1.807, 2.05) is 0 Å². The fourth-order valence-corrected chi connectivity index (χ4v) is 1.25. The largest absolute Gasteiger partial charge is 0.492 e. The lowest BCUT2D eigenvalue weighted by Crippen LogP contribution is -2.34. The Morgan fingerprint density at radius 1 is 1.21 bits per heavy atom. The summed E-state index contributed by atoms with van der Waals surface area (Å²) in [7, 11) is 0. The van der Waals surface area contributed by atoms with Crippen molar-refractivity contribution in [3.63, 3.8) is 0 Å². The third-order valence-corrected chi connectivity index (χ3v) is 1.88. The molecule has 0 saturated heterocycles. The van der Waals surface area contributed by atoms with E-state index in [4.69, 9.17) is 9.47 Å². The highest BCUT2D eigenvalue weighted by Crippen LogP contribution is 2.14. The first-order valence-electron chi connectivity index (χ1n) is 5.82. The fraction of sp³-hybridized carbons (Fsp3) is 0.462. The molecule has 0 fully saturated rings. The lowest BCUT2D eigenvalue weighted by atomic mass is 10.2. The molecule has 0 unspecified atom stereocenters. The highest BCUT2D eigenvalue weighted by atomic mass is 19.1. The molecule has 106 valence electrons. The summed E-state index contributed by atoms with van der Waals surface area (Å²) < 4.78 is 35.8. The van der Waals surface area contributed by atoms with Gasteiger partial charge in [0.25, 0.3) is 0 Å². The van der Waals surface area contributed by atoms with E-state index in [1.165, 1.54) is 0 Å². The van der Waals surface area contributed by atoms with E-state index in [1.54, 1.807) is 20.8 Å². The summed E-state index contributed by atoms with van der Waals surface area (Å²) in [6, 6.07) is 2.89. The Bertz CT molecular complexity index is 424. The second-order valence-electron chi connectivity index (χ2n) is 4.88. The summed E-state index contributed by atoms with van der Waals surface area (Å²) in [5, 5.41) is 2.47. The van der Waals surface area contributed by atoms with Gasteiger partial charge in [-0.15, -0.1) is 0 Å². The molecule has 0 atom stereocenters. The molecule has 0 aliphatic carbocycles. The Labute approximate surface area is 110 Å². The minimum Gasteiger partial charge on any atom is -0.492 e. The van der Waals surface area contributed by atoms with Gasteiger partial charge in [0.1, 0.15) is 29.6 Å². The number of rotatable bonds is 4. The van der Waals surface area contributed by atoms with Crippen LogP contribution < -0.4 is 10.1 Å². The Kier molecular flexibility index (Phi) is 5.09. The number of carbonyl (C=O) groups excluding carboxylic acids is 1. The average Bonchev–Trinajstić information content (AvgIpc) is 2.20. The Morgan fingerprint density at radius 2 is 1.79 bits per heavy atom. The minimum absolute atomic E-state index is 0.0727. The molecule has 0 bridgehead atoms. The topological polar surface area (TPSA) is 47.6 Å². The summed E-state index contributed by atoms with van der Waals surface area (Å²) in [6.07, 6.45) is -0.568. The van der Waals surface area contributed by atoms with Gasteiger partial charge in [-0.25, -0.2) is 13.6 Å². The van der Waals surface area contributed by atoms with Gasteiger partial charge in [0, 0.05) is 18.2 Å². The Hall–Kier alpha value is -1.85. The van der Waals surface area contributed by atoms with Gasteiger partial charge >= 0.3 is 6.09 Å². The van der Waals surface area contributed by atoms with Crippen LogP contribution in [0.25, 0.3) is 0 Å². The van der Waals surface area contributed by atoms with Gasteiger partial charge in [0.15, 0.2) is 0 Å². The third kappa shape index (κ3) is 6.59. The van der Waals surface area contributed by atoms with E-state index in [9.17, 15) is 13.6 Å². The van der Waals surface area contributed by atoms with Gasteiger partial charge < -0.3 is 14.8 Å². The number of nitrogens with one attached hydrogen (secondary N) is 1. The zero-order chi connectivity index (χ0) is 14.5. The molecule has 6 heteroatoms. The van der Waals surface area contributed by atoms with Crippen LogP contribution in [0.2, 0.25) is 0 Å². The molecule has 0 spiro atoms. The molecule has 0 saturated carbocycles. The quantitative estimate of drug-likeness (QED) is 0.858. The van der Waals surface area contributed by atoms with Gasteiger partial charge in [-0.3, -0.25) is 0 Å². The fourth-order valence-electron chi connectivity index (χ4n) is 1.25. The van der Waals surface area contributed by atoms with Gasteiger partial charge in [-0.1, -0.05) is 0 Å². The van der Waals surface area contributed by atoms with Crippen LogP contribution in [-0.4, -0.2) is 24.8 Å². The van der Waals surface area contributed by atoms with Gasteiger partial charge in [-0.05, 0) is 20.8 Å². The van der Waals surface area contributed by atoms with Crippen LogP contribution in [0.15, 0.2) is 18.2 Å². The maximum absolute atomic E-state index is 12.8. The lowest BCUT2D eigenvalue weighted by Gasteiger charge is -2.19. The SMILES string of the molecule is CC(C)(C)OC(=O)NCCOc1cc(F)cc(F)c1. The molecular weight excluding hydrogens is 256 g/mol. The van der Waals surface area contributed by atoms with Crippen molar-refractivity contribution in [2.45, 2.75) is 26.4 Å². The molecule has 0 aliphatic rings. The molecule has 0 radical (unpaired) electrons. The lowest BCUT2D eigenvalue weighted by molar-refractivity contribution is 0.0520. The van der Waals surface area contributed by atoms with Gasteiger partial charge in [-0.2, -0.15) is 0 Å². The van der Waals surface area contributed by atoms with Crippen LogP contribution in [0.1, 0.15) is 20.8 Å². The normalized spacial score (nSPS) is 11.0. The summed E-state index contributed by atoms with van der Waals surface area (Å²) in [6.45, 7) is 5.50. The van der Waals surface area contributed by atoms with E-state index in [-0.39, 0.29) is 18.9 Å². The van der Waals surface area contributed by atoms with Crippen molar-refractivity contribution in [3.8, 4) is 5.75 Å². The maximum atomic E-state index is 12.8. The van der Waals surface area contributed by atoms with Crippen molar-refractivity contribution in [1.29, 1.82) is 0 Å². The van der Waals surface area contributed by atoms with Crippen molar-refractivity contribution in [3.05, 3.63) is 29.8 Å². The van der Waals surface area contributed by atoms with Crippen LogP contribution >= 0.6 is 0 Å². The highest BCUT2D eigenvalue weighted by Gasteiger charge is 2.15. The van der Waals surface area contributed by atoms with Crippen molar-refractivity contribution in [2.24, 2.45) is 0 Å². The number of amides is 1. The molecule has 0 heterocycles. The van der Waals surface area contributed by atoms with Crippen LogP contribution in [0.4, 0.5) is 13.6 Å². The number of ether oxygens (including phenoxy) is 2. The molecule has 1 amide bonds. The van der Waals surface area contributed by atoms with Gasteiger partial charge in [0.05, 0.1) is 6.54 Å². The standard InChI is InChI=1S/C13H17F2NO3/c1-13(2,3)19-12(17)16-4-5-18-11-7-9(14)6-10(15)8-11/h6-8H,4-5H2,1-3H3,(H,16,17). The highest BCUT2D eigenvalue weighted by molar-refractivity contribution is 5.67. The molecule has 4 nitrogen and oxygen atoms in total. The average molecular weight is 273 g/mol. The first-order chi connectivity index (χ1) is 8.76. The van der Waals surface area contributed by atoms with E-state index in [0.717, 1.165) is 18.2 Å². The second kappa shape index (κ2) is 6.36. The smallest absolute Gasteiger partial charge is 0.407 e. The van der Waals surface area contributed by atoms with Crippen molar-refractivity contribution in [2.75, 3.05) is 13.2 Å². The number of alkyl carbamates (subject to hydrolysis) is 1. The predicted molar refractivity (Wildman–Crippen MR) is 66.1 cm³/mol. The van der Waals surface area contributed by atoms with Crippen LogP contribution in [0, 0.1) is 11.6 Å². The molecule has 0 aliphatic heterocycles. The second-order valence-corrected chi connectivity index (χ2v) is 4.88. The summed E-state index contributed by atoms with van der Waals surface area (Å²) in [5.74, 6) is -1.35. The Morgan fingerprint density at radius 3 is 2.32 bits per heavy atom. The van der Waals surface area contributed by atoms with E-state index in [0.29, 0.717) is 0 Å². The van der Waals surface area contributed by atoms with E-state index in [2.05, 4.69) is 5.32 Å². The van der Waals surface area contributed by atoms with E-state index < -0.39 is 23.3 Å². The predicted octanol–water partition coefficient (Wildman–Crippen LogP) is 2.87. The summed E-state index contributed by atoms with van der Waals surface area (Å²) >= 11 is 0. The molecule has 0 aromatic heterocycles. The number of halogens is 2. The molecule has 1 rings (SSSR count). The van der Waals surface area contributed by atoms with Crippen molar-refractivity contribution < 1.29 is 23.0 Å². The van der Waals surface area contributed by atoms with Crippen molar-refractivity contribution in [1.82, 2.24) is 5.32 Å². The molecule has 1 N–H and O–H groups in total. The van der Waals surface area contributed by atoms with Gasteiger partial charge in [0.2, 0.25) is 0 Å². The molecular formula is C13H17F2NO3. The number of hydrogen-bond acceptors (Lipinski definition) is 3. The maximum Gasteiger partial charge on any atom is 0.407 e. The molecule has 1 aromatic rings. The third-order valence-electron chi connectivity index (χ3n) is 1.88. The van der Waals surface area contributed by atoms with Crippen LogP contribution in [0.5, 0.6) is 5.75 Å². The first kappa shape index (κ1) is 15.2. The Balaban J connectivity index is 2.29. The first-order valence-corrected chi connectivity index (χ1v) is 5.82. The summed E-state index contributed by atoms with van der Waals surface area (Å²) in [5.41, 5.74) is -0.573. The molecule has 19 heavy (non-hydrogen) atoms. The monoisotopic (exact) mass is 273 g/mol. The number of carbonyl (C=O) groups is 1. The van der Waals surface area contributed by atoms with E-state index >= 15 is 0 Å². The minimum atomic E-state index is -0.713. The summed E-state index contributed by atoms with van der Waals surface area (Å²) in [4.78, 5) is 11.3. The van der Waals surface area contributed by atoms with Crippen LogP contribution in [-0.2, 0) is 4.74 Å². The van der Waals surface area contributed by atoms with Crippen LogP contribution in [0.3, 0.4) is 0 Å². The number of benzene rings is 1. The molecule has 1 aromatic carbocycles. The van der Waals surface area contributed by atoms with Crippen molar-refractivity contribution >= 4 is 6.09 Å². The zero-order valence-corrected chi connectivity index (χ0v) is 11.1. The zero-order valence-electron chi connectivity index (χ0n) is 11.1. The number of hydrogen-bond donors (Lipinski definition) is 1.